The Morgan fingerprint density at radius 1 is 1.67 bits per heavy atom. The third-order valence-electron chi connectivity index (χ3n) is 0.595. The van der Waals surface area contributed by atoms with E-state index in [9.17, 15) is 4.79 Å². The van der Waals surface area contributed by atoms with Crippen LogP contribution in [0.4, 0.5) is 0 Å². The molecule has 0 aliphatic rings. The zero-order valence-electron chi connectivity index (χ0n) is 5.29. The summed E-state index contributed by atoms with van der Waals surface area (Å²) < 4.78 is 0. The lowest BCUT2D eigenvalue weighted by molar-refractivity contribution is -0.114. The number of rotatable bonds is 2. The lowest BCUT2D eigenvalue weighted by Crippen LogP contribution is -1.89. The largest absolute Gasteiger partial charge is 0.290 e. The van der Waals surface area contributed by atoms with Gasteiger partial charge >= 0.3 is 0 Å². The highest BCUT2D eigenvalue weighted by molar-refractivity contribution is 5.92. The van der Waals surface area contributed by atoms with Crippen molar-refractivity contribution in [1.29, 1.82) is 0 Å². The van der Waals surface area contributed by atoms with Gasteiger partial charge in [-0.1, -0.05) is 13.2 Å². The second-order valence-electron chi connectivity index (χ2n) is 1.48. The van der Waals surface area contributed by atoms with E-state index in [2.05, 4.69) is 23.4 Å². The van der Waals surface area contributed by atoms with Gasteiger partial charge < -0.3 is 0 Å². The van der Waals surface area contributed by atoms with E-state index in [1.54, 1.807) is 6.92 Å². The van der Waals surface area contributed by atoms with Gasteiger partial charge in [-0.3, -0.25) is 4.79 Å². The van der Waals surface area contributed by atoms with Crippen molar-refractivity contribution in [2.24, 2.45) is 10.2 Å². The lowest BCUT2D eigenvalue weighted by Gasteiger charge is -1.83. The number of nitrogens with zero attached hydrogens (tertiary/aromatic N) is 2. The molecule has 0 spiro atoms. The average molecular weight is 124 g/mol. The molecule has 0 aliphatic carbocycles. The van der Waals surface area contributed by atoms with Gasteiger partial charge in [0, 0.05) is 11.8 Å². The maximum Gasteiger partial charge on any atom is 0.290 e. The minimum absolute atomic E-state index is 0.376. The molecule has 3 nitrogen and oxygen atoms in total. The lowest BCUT2D eigenvalue weighted by atomic mass is 10.3. The summed E-state index contributed by atoms with van der Waals surface area (Å²) in [6, 6.07) is 0. The zero-order chi connectivity index (χ0) is 7.28. The molecule has 0 aromatic rings. The molecule has 0 saturated carbocycles. The molecule has 3 heteroatoms. The maximum absolute atomic E-state index is 10.5. The van der Waals surface area contributed by atoms with Gasteiger partial charge in [0.2, 0.25) is 0 Å². The summed E-state index contributed by atoms with van der Waals surface area (Å²) in [5.74, 6) is -0.408. The molecule has 0 aromatic heterocycles. The summed E-state index contributed by atoms with van der Waals surface area (Å²) in [7, 11) is 0. The van der Waals surface area contributed by atoms with E-state index in [4.69, 9.17) is 0 Å². The predicted molar refractivity (Wildman–Crippen MR) is 34.9 cm³/mol. The highest BCUT2D eigenvalue weighted by Gasteiger charge is 1.95. The molecule has 0 heterocycles. The Labute approximate surface area is 53.8 Å². The summed E-state index contributed by atoms with van der Waals surface area (Å²) >= 11 is 0. The van der Waals surface area contributed by atoms with Crippen molar-refractivity contribution < 1.29 is 4.79 Å². The molecule has 0 atom stereocenters. The van der Waals surface area contributed by atoms with Crippen LogP contribution in [-0.4, -0.2) is 5.91 Å². The number of carbonyl (C=O) groups excluding carboxylic acids is 1. The third kappa shape index (κ3) is 3.34. The average Bonchev–Trinajstić information content (AvgIpc) is 1.82. The molecule has 1 amide bonds. The van der Waals surface area contributed by atoms with E-state index in [1.165, 1.54) is 6.20 Å². The molecule has 0 unspecified atom stereocenters. The topological polar surface area (TPSA) is 41.8 Å². The second-order valence-corrected chi connectivity index (χ2v) is 1.48. The van der Waals surface area contributed by atoms with Crippen LogP contribution in [0.2, 0.25) is 0 Å². The minimum atomic E-state index is -0.408. The van der Waals surface area contributed by atoms with Crippen molar-refractivity contribution in [3.05, 3.63) is 24.9 Å². The quantitative estimate of drug-likeness (QED) is 0.408. The van der Waals surface area contributed by atoms with E-state index in [-0.39, 0.29) is 0 Å². The van der Waals surface area contributed by atoms with E-state index in [0.29, 0.717) is 5.57 Å². The number of carbonyl (C=O) groups is 1. The van der Waals surface area contributed by atoms with E-state index < -0.39 is 5.91 Å². The summed E-state index contributed by atoms with van der Waals surface area (Å²) in [5.41, 5.74) is 0.376. The van der Waals surface area contributed by atoms with E-state index >= 15 is 0 Å². The number of hydrogen-bond acceptors (Lipinski definition) is 2. The standard InChI is InChI=1S/C6H8N2O/c1-4-7-8-6(9)5(2)3/h4H,1-2H2,3H3/b8-7-. The maximum atomic E-state index is 10.5. The fourth-order valence-electron chi connectivity index (χ4n) is 0.179. The van der Waals surface area contributed by atoms with Gasteiger partial charge in [0.25, 0.3) is 5.91 Å². The first-order valence-electron chi connectivity index (χ1n) is 2.40. The van der Waals surface area contributed by atoms with Crippen LogP contribution < -0.4 is 0 Å². The van der Waals surface area contributed by atoms with Crippen molar-refractivity contribution in [1.82, 2.24) is 0 Å². The Morgan fingerprint density at radius 3 is 2.56 bits per heavy atom. The van der Waals surface area contributed by atoms with Crippen LogP contribution >= 0.6 is 0 Å². The number of azo groups is 1. The van der Waals surface area contributed by atoms with Gasteiger partial charge in [-0.05, 0) is 6.92 Å². The fourth-order valence-corrected chi connectivity index (χ4v) is 0.179. The Hall–Kier alpha value is -1.25. The molecular formula is C6H8N2O. The van der Waals surface area contributed by atoms with Gasteiger partial charge in [-0.25, -0.2) is 0 Å². The molecule has 0 N–H and O–H groups in total. The Morgan fingerprint density at radius 2 is 2.22 bits per heavy atom. The minimum Gasteiger partial charge on any atom is -0.265 e. The van der Waals surface area contributed by atoms with Gasteiger partial charge in [-0.15, -0.1) is 5.11 Å². The Balaban J connectivity index is 3.92. The first-order chi connectivity index (χ1) is 4.18. The first-order valence-corrected chi connectivity index (χ1v) is 2.40. The summed E-state index contributed by atoms with van der Waals surface area (Å²) in [6.07, 6.45) is 1.20. The number of amides is 1. The van der Waals surface area contributed by atoms with Crippen molar-refractivity contribution in [3.63, 3.8) is 0 Å². The van der Waals surface area contributed by atoms with Crippen molar-refractivity contribution in [2.45, 2.75) is 6.92 Å². The normalized spacial score (nSPS) is 9.44. The van der Waals surface area contributed by atoms with Gasteiger partial charge in [0.1, 0.15) is 0 Å². The molecule has 0 saturated heterocycles. The third-order valence-corrected chi connectivity index (χ3v) is 0.595. The van der Waals surface area contributed by atoms with Gasteiger partial charge in [0.05, 0.1) is 0 Å². The monoisotopic (exact) mass is 124 g/mol. The fraction of sp³-hybridized carbons (Fsp3) is 0.167. The Bertz CT molecular complexity index is 170. The van der Waals surface area contributed by atoms with Crippen LogP contribution in [0.25, 0.3) is 0 Å². The molecule has 0 bridgehead atoms. The highest BCUT2D eigenvalue weighted by Crippen LogP contribution is 1.90. The highest BCUT2D eigenvalue weighted by atomic mass is 16.1. The molecule has 0 rings (SSSR count). The molecule has 9 heavy (non-hydrogen) atoms. The molecule has 0 radical (unpaired) electrons. The van der Waals surface area contributed by atoms with Crippen molar-refractivity contribution in [2.75, 3.05) is 0 Å². The van der Waals surface area contributed by atoms with Crippen LogP contribution in [0.15, 0.2) is 35.2 Å². The van der Waals surface area contributed by atoms with E-state index in [0.717, 1.165) is 0 Å². The Kier molecular flexibility index (Phi) is 3.20. The smallest absolute Gasteiger partial charge is 0.265 e. The first kappa shape index (κ1) is 7.75. The molecule has 0 aliphatic heterocycles. The molecule has 48 valence electrons. The SMILES string of the molecule is C=C/N=N\C(=O)C(=C)C. The van der Waals surface area contributed by atoms with Gasteiger partial charge in [0.15, 0.2) is 0 Å². The number of hydrogen-bond donors (Lipinski definition) is 0. The predicted octanol–water partition coefficient (Wildman–Crippen LogP) is 1.68. The summed E-state index contributed by atoms with van der Waals surface area (Å²) in [5, 5.41) is 6.48. The second kappa shape index (κ2) is 3.72. The van der Waals surface area contributed by atoms with Gasteiger partial charge in [-0.2, -0.15) is 5.11 Å². The van der Waals surface area contributed by atoms with Crippen LogP contribution in [0.5, 0.6) is 0 Å². The van der Waals surface area contributed by atoms with E-state index in [1.807, 2.05) is 0 Å². The van der Waals surface area contributed by atoms with Crippen LogP contribution in [0.3, 0.4) is 0 Å². The van der Waals surface area contributed by atoms with Crippen LogP contribution in [0, 0.1) is 0 Å². The van der Waals surface area contributed by atoms with Crippen molar-refractivity contribution >= 4 is 5.91 Å². The molecule has 0 fully saturated rings. The summed E-state index contributed by atoms with van der Waals surface area (Å²) in [4.78, 5) is 10.5. The van der Waals surface area contributed by atoms with Crippen LogP contribution in [-0.2, 0) is 4.79 Å². The van der Waals surface area contributed by atoms with Crippen molar-refractivity contribution in [3.8, 4) is 0 Å². The van der Waals surface area contributed by atoms with Crippen LogP contribution in [0.1, 0.15) is 6.92 Å². The molecule has 0 aromatic carbocycles. The molecular weight excluding hydrogens is 116 g/mol. The zero-order valence-corrected chi connectivity index (χ0v) is 5.29. The summed E-state index contributed by atoms with van der Waals surface area (Å²) in [6.45, 7) is 8.19.